The molecule has 1 atom stereocenters. The van der Waals surface area contributed by atoms with Crippen molar-refractivity contribution in [2.24, 2.45) is 5.84 Å². The maximum Gasteiger partial charge on any atom is 0.353 e. The first-order chi connectivity index (χ1) is 8.99. The van der Waals surface area contributed by atoms with Gasteiger partial charge in [0.15, 0.2) is 0 Å². The Labute approximate surface area is 117 Å². The second-order valence-corrected chi connectivity index (χ2v) is 7.10. The number of aryl methyl sites for hydroxylation is 1. The lowest BCUT2D eigenvalue weighted by Gasteiger charge is -2.27. The van der Waals surface area contributed by atoms with E-state index in [1.165, 1.54) is 0 Å². The van der Waals surface area contributed by atoms with Crippen molar-refractivity contribution in [3.63, 3.8) is 0 Å². The monoisotopic (exact) mass is 294 g/mol. The van der Waals surface area contributed by atoms with Gasteiger partial charge in [-0.25, -0.2) is 10.6 Å². The van der Waals surface area contributed by atoms with E-state index in [0.29, 0.717) is 11.4 Å². The summed E-state index contributed by atoms with van der Waals surface area (Å²) in [5.74, 6) is 6.36. The summed E-state index contributed by atoms with van der Waals surface area (Å²) >= 11 is 5.11. The summed E-state index contributed by atoms with van der Waals surface area (Å²) < 4.78 is 6.57. The first-order valence-electron chi connectivity index (χ1n) is 5.68. The second-order valence-electron chi connectivity index (χ2n) is 4.08. The first kappa shape index (κ1) is 14.0. The largest absolute Gasteiger partial charge is 0.428 e. The highest BCUT2D eigenvalue weighted by molar-refractivity contribution is 8.10. The third kappa shape index (κ3) is 3.55. The zero-order valence-electron chi connectivity index (χ0n) is 10.4. The van der Waals surface area contributed by atoms with E-state index < -0.39 is 6.64 Å². The van der Waals surface area contributed by atoms with Gasteiger partial charge in [0.1, 0.15) is 5.75 Å². The van der Waals surface area contributed by atoms with Crippen molar-refractivity contribution in [1.29, 1.82) is 0 Å². The molecule has 0 radical (unpaired) electrons. The van der Waals surface area contributed by atoms with Gasteiger partial charge in [0.05, 0.1) is 5.69 Å². The summed E-state index contributed by atoms with van der Waals surface area (Å²) in [7, 11) is 0. The van der Waals surface area contributed by atoms with E-state index in [0.717, 1.165) is 10.3 Å². The Morgan fingerprint density at radius 1 is 1.11 bits per heavy atom. The van der Waals surface area contributed by atoms with E-state index in [1.54, 1.807) is 24.3 Å². The molecular weight excluding hydrogens is 279 g/mol. The Balaban J connectivity index is 2.18. The van der Waals surface area contributed by atoms with Gasteiger partial charge in [0.25, 0.3) is 0 Å². The van der Waals surface area contributed by atoms with E-state index in [4.69, 9.17) is 22.2 Å². The normalized spacial score (nSPS) is 13.6. The Kier molecular flexibility index (Phi) is 4.22. The van der Waals surface area contributed by atoms with E-state index in [9.17, 15) is 4.89 Å². The number of hydrogen-bond donors (Lipinski definition) is 2. The molecule has 100 valence electrons. The molecule has 3 N–H and O–H groups in total. The summed E-state index contributed by atoms with van der Waals surface area (Å²) in [6.45, 7) is -1.33. The van der Waals surface area contributed by atoms with E-state index in [1.807, 2.05) is 37.3 Å². The van der Waals surface area contributed by atoms with Crippen molar-refractivity contribution in [2.75, 3.05) is 4.78 Å². The minimum absolute atomic E-state index is 0.503. The van der Waals surface area contributed by atoms with Crippen molar-refractivity contribution < 1.29 is 9.42 Å². The molecule has 6 heteroatoms. The molecule has 19 heavy (non-hydrogen) atoms. The van der Waals surface area contributed by atoms with Crippen LogP contribution in [0.15, 0.2) is 54.6 Å². The van der Waals surface area contributed by atoms with Crippen LogP contribution in [0, 0.1) is 6.92 Å². The molecular formula is C13H15N2O2PS. The zero-order valence-corrected chi connectivity index (χ0v) is 12.1. The fraction of sp³-hybridized carbons (Fsp3) is 0.0769. The topological polar surface area (TPSA) is 58.7 Å². The van der Waals surface area contributed by atoms with Crippen molar-refractivity contribution >= 4 is 24.1 Å². The van der Waals surface area contributed by atoms with E-state index in [-0.39, 0.29) is 0 Å². The van der Waals surface area contributed by atoms with Gasteiger partial charge in [-0.2, -0.15) is 0 Å². The molecule has 0 aliphatic heterocycles. The SMILES string of the molecule is Cc1ccc(OP(O)(=S)N(N)c2ccccc2)cc1. The predicted molar refractivity (Wildman–Crippen MR) is 81.4 cm³/mol. The predicted octanol–water partition coefficient (Wildman–Crippen LogP) is 2.97. The molecule has 0 fully saturated rings. The highest BCUT2D eigenvalue weighted by Crippen LogP contribution is 2.47. The lowest BCUT2D eigenvalue weighted by Crippen LogP contribution is -2.29. The number of para-hydroxylation sites is 1. The molecule has 0 aliphatic carbocycles. The van der Waals surface area contributed by atoms with Crippen molar-refractivity contribution in [3.8, 4) is 5.75 Å². The molecule has 0 bridgehead atoms. The fourth-order valence-corrected chi connectivity index (χ4v) is 2.96. The standard InChI is InChI=1S/C13H15N2O2PS/c1-11-7-9-13(10-8-11)17-18(16,19)15(14)12-5-3-2-4-6-12/h2-10H,14H2,1H3,(H,16,19). The number of benzene rings is 2. The average molecular weight is 294 g/mol. The number of hydrogen-bond acceptors (Lipinski definition) is 3. The summed E-state index contributed by atoms with van der Waals surface area (Å²) in [6, 6.07) is 16.3. The number of nitrogens with two attached hydrogens (primary N) is 1. The van der Waals surface area contributed by atoms with Gasteiger partial charge in [0, 0.05) is 0 Å². The third-order valence-corrected chi connectivity index (χ3v) is 4.51. The number of nitrogens with zero attached hydrogens (tertiary/aromatic N) is 1. The number of anilines is 1. The van der Waals surface area contributed by atoms with Crippen molar-refractivity contribution in [3.05, 3.63) is 60.2 Å². The van der Waals surface area contributed by atoms with E-state index >= 15 is 0 Å². The molecule has 0 amide bonds. The molecule has 2 aromatic carbocycles. The molecule has 4 nitrogen and oxygen atoms in total. The van der Waals surface area contributed by atoms with Crippen LogP contribution in [0.3, 0.4) is 0 Å². The van der Waals surface area contributed by atoms with Crippen LogP contribution in [-0.4, -0.2) is 4.89 Å². The Hall–Kier alpha value is -1.39. The van der Waals surface area contributed by atoms with Gasteiger partial charge >= 0.3 is 6.64 Å². The zero-order chi connectivity index (χ0) is 13.9. The summed E-state index contributed by atoms with van der Waals surface area (Å²) in [5.41, 5.74) is 1.71. The minimum Gasteiger partial charge on any atom is -0.428 e. The van der Waals surface area contributed by atoms with Gasteiger partial charge in [-0.1, -0.05) is 35.9 Å². The van der Waals surface area contributed by atoms with E-state index in [2.05, 4.69) is 0 Å². The molecule has 2 aromatic rings. The molecule has 1 unspecified atom stereocenters. The van der Waals surface area contributed by atoms with Gasteiger partial charge < -0.3 is 9.42 Å². The third-order valence-electron chi connectivity index (χ3n) is 2.54. The summed E-state index contributed by atoms with van der Waals surface area (Å²) in [4.78, 5) is 10.3. The van der Waals surface area contributed by atoms with Crippen LogP contribution in [0.1, 0.15) is 5.56 Å². The van der Waals surface area contributed by atoms with Crippen LogP contribution in [0.25, 0.3) is 0 Å². The van der Waals surface area contributed by atoms with Crippen LogP contribution in [-0.2, 0) is 11.8 Å². The lowest BCUT2D eigenvalue weighted by molar-refractivity contribution is 0.477. The smallest absolute Gasteiger partial charge is 0.353 e. The highest BCUT2D eigenvalue weighted by Gasteiger charge is 2.23. The first-order valence-corrected chi connectivity index (χ1v) is 8.31. The second kappa shape index (κ2) is 5.72. The van der Waals surface area contributed by atoms with Crippen LogP contribution in [0.2, 0.25) is 0 Å². The number of rotatable bonds is 4. The minimum atomic E-state index is -3.30. The van der Waals surface area contributed by atoms with Crippen molar-refractivity contribution in [1.82, 2.24) is 0 Å². The Morgan fingerprint density at radius 3 is 2.26 bits per heavy atom. The summed E-state index contributed by atoms with van der Waals surface area (Å²) in [5, 5.41) is 0. The maximum absolute atomic E-state index is 10.3. The highest BCUT2D eigenvalue weighted by atomic mass is 32.5. The van der Waals surface area contributed by atoms with Crippen LogP contribution in [0.5, 0.6) is 5.75 Å². The van der Waals surface area contributed by atoms with Crippen LogP contribution in [0.4, 0.5) is 5.69 Å². The molecule has 0 aliphatic rings. The van der Waals surface area contributed by atoms with Gasteiger partial charge in [0.2, 0.25) is 0 Å². The van der Waals surface area contributed by atoms with Crippen molar-refractivity contribution in [2.45, 2.75) is 6.92 Å². The molecule has 0 aromatic heterocycles. The molecule has 0 saturated carbocycles. The lowest BCUT2D eigenvalue weighted by atomic mass is 10.2. The molecule has 0 saturated heterocycles. The fourth-order valence-electron chi connectivity index (χ4n) is 1.51. The Bertz CT molecular complexity index is 589. The quantitative estimate of drug-likeness (QED) is 0.516. The average Bonchev–Trinajstić information content (AvgIpc) is 2.41. The van der Waals surface area contributed by atoms with Crippen LogP contribution >= 0.6 is 6.64 Å². The number of hydrazine groups is 1. The molecule has 2 rings (SSSR count). The maximum atomic E-state index is 10.3. The molecule has 0 heterocycles. The van der Waals surface area contributed by atoms with Gasteiger partial charge in [-0.15, -0.1) is 0 Å². The van der Waals surface area contributed by atoms with Gasteiger partial charge in [-0.3, -0.25) is 0 Å². The Morgan fingerprint density at radius 2 is 1.68 bits per heavy atom. The summed E-state index contributed by atoms with van der Waals surface area (Å²) in [6.07, 6.45) is 0. The van der Waals surface area contributed by atoms with Gasteiger partial charge in [-0.05, 0) is 43.0 Å². The van der Waals surface area contributed by atoms with Crippen LogP contribution < -0.4 is 15.1 Å². The molecule has 0 spiro atoms.